The number of benzene rings is 1. The monoisotopic (exact) mass is 312 g/mol. The molecule has 0 N–H and O–H groups in total. The first-order valence-corrected chi connectivity index (χ1v) is 8.25. The number of carbonyl (C=O) groups excluding carboxylic acids is 1. The van der Waals surface area contributed by atoms with Gasteiger partial charge in [0.05, 0.1) is 7.11 Å². The highest BCUT2D eigenvalue weighted by Crippen LogP contribution is 2.37. The van der Waals surface area contributed by atoms with E-state index in [9.17, 15) is 4.79 Å². The average molecular weight is 312 g/mol. The summed E-state index contributed by atoms with van der Waals surface area (Å²) in [6.07, 6.45) is 2.94. The standard InChI is InChI=1S/C19H24N2O2/c1-4-14(2)19(22)21-13-12-20-11-7-9-16(20)18(21)15-8-5-6-10-17(15)23-3/h5-11,14,18H,4,12-13H2,1-3H3. The predicted molar refractivity (Wildman–Crippen MR) is 90.4 cm³/mol. The normalized spacial score (nSPS) is 18.4. The van der Waals surface area contributed by atoms with E-state index in [2.05, 4.69) is 35.9 Å². The van der Waals surface area contributed by atoms with E-state index in [-0.39, 0.29) is 17.9 Å². The van der Waals surface area contributed by atoms with Crippen LogP contribution in [-0.2, 0) is 11.3 Å². The molecule has 1 amide bonds. The van der Waals surface area contributed by atoms with Gasteiger partial charge >= 0.3 is 0 Å². The summed E-state index contributed by atoms with van der Waals surface area (Å²) >= 11 is 0. The molecule has 0 radical (unpaired) electrons. The lowest BCUT2D eigenvalue weighted by molar-refractivity contribution is -0.137. The number of amides is 1. The van der Waals surface area contributed by atoms with Crippen LogP contribution < -0.4 is 4.74 Å². The van der Waals surface area contributed by atoms with Crippen molar-refractivity contribution in [1.29, 1.82) is 0 Å². The van der Waals surface area contributed by atoms with Gasteiger partial charge in [-0.05, 0) is 24.6 Å². The van der Waals surface area contributed by atoms with Gasteiger partial charge in [-0.3, -0.25) is 4.79 Å². The molecule has 4 heteroatoms. The van der Waals surface area contributed by atoms with Crippen molar-refractivity contribution in [2.75, 3.05) is 13.7 Å². The number of nitrogens with zero attached hydrogens (tertiary/aromatic N) is 2. The fourth-order valence-corrected chi connectivity index (χ4v) is 3.30. The molecular weight excluding hydrogens is 288 g/mol. The zero-order valence-corrected chi connectivity index (χ0v) is 14.0. The zero-order valence-electron chi connectivity index (χ0n) is 14.0. The van der Waals surface area contributed by atoms with Crippen molar-refractivity contribution in [2.45, 2.75) is 32.9 Å². The summed E-state index contributed by atoms with van der Waals surface area (Å²) in [6, 6.07) is 12.1. The molecule has 3 rings (SSSR count). The summed E-state index contributed by atoms with van der Waals surface area (Å²) in [7, 11) is 1.68. The third kappa shape index (κ3) is 2.74. The topological polar surface area (TPSA) is 34.5 Å². The van der Waals surface area contributed by atoms with E-state index in [4.69, 9.17) is 4.74 Å². The van der Waals surface area contributed by atoms with Gasteiger partial charge in [0.25, 0.3) is 0 Å². The molecule has 2 heterocycles. The molecule has 1 aromatic heterocycles. The number of para-hydroxylation sites is 1. The van der Waals surface area contributed by atoms with Crippen molar-refractivity contribution in [3.8, 4) is 5.75 Å². The van der Waals surface area contributed by atoms with E-state index >= 15 is 0 Å². The second kappa shape index (κ2) is 6.49. The maximum absolute atomic E-state index is 12.9. The molecule has 1 aliphatic rings. The van der Waals surface area contributed by atoms with Gasteiger partial charge in [-0.2, -0.15) is 0 Å². The maximum Gasteiger partial charge on any atom is 0.226 e. The van der Waals surface area contributed by atoms with E-state index in [1.165, 1.54) is 0 Å². The molecule has 0 fully saturated rings. The van der Waals surface area contributed by atoms with Crippen LogP contribution in [0.15, 0.2) is 42.6 Å². The van der Waals surface area contributed by atoms with Gasteiger partial charge in [-0.1, -0.05) is 32.0 Å². The van der Waals surface area contributed by atoms with E-state index < -0.39 is 0 Å². The van der Waals surface area contributed by atoms with Crippen LogP contribution in [0.5, 0.6) is 5.75 Å². The number of aromatic nitrogens is 1. The summed E-state index contributed by atoms with van der Waals surface area (Å²) in [5.41, 5.74) is 2.20. The molecule has 122 valence electrons. The summed E-state index contributed by atoms with van der Waals surface area (Å²) in [6.45, 7) is 5.65. The first kappa shape index (κ1) is 15.7. The zero-order chi connectivity index (χ0) is 16.4. The van der Waals surface area contributed by atoms with Crippen LogP contribution in [-0.4, -0.2) is 29.0 Å². The first-order valence-electron chi connectivity index (χ1n) is 8.25. The van der Waals surface area contributed by atoms with E-state index in [1.54, 1.807) is 7.11 Å². The third-order valence-corrected chi connectivity index (χ3v) is 4.79. The van der Waals surface area contributed by atoms with Gasteiger partial charge in [0, 0.05) is 36.5 Å². The molecule has 2 unspecified atom stereocenters. The lowest BCUT2D eigenvalue weighted by Crippen LogP contribution is -2.44. The number of fused-ring (bicyclic) bond motifs is 1. The number of carbonyl (C=O) groups is 1. The van der Waals surface area contributed by atoms with Crippen molar-refractivity contribution in [3.63, 3.8) is 0 Å². The van der Waals surface area contributed by atoms with E-state index in [0.29, 0.717) is 0 Å². The summed E-state index contributed by atoms with van der Waals surface area (Å²) in [5.74, 6) is 1.08. The van der Waals surface area contributed by atoms with Gasteiger partial charge in [0.1, 0.15) is 11.8 Å². The predicted octanol–water partition coefficient (Wildman–Crippen LogP) is 3.47. The Hall–Kier alpha value is -2.23. The average Bonchev–Trinajstić information content (AvgIpc) is 3.08. The highest BCUT2D eigenvalue weighted by molar-refractivity contribution is 5.79. The van der Waals surface area contributed by atoms with Gasteiger partial charge in [0.2, 0.25) is 5.91 Å². The Morgan fingerprint density at radius 2 is 2.04 bits per heavy atom. The summed E-state index contributed by atoms with van der Waals surface area (Å²) in [4.78, 5) is 14.9. The molecule has 4 nitrogen and oxygen atoms in total. The highest BCUT2D eigenvalue weighted by Gasteiger charge is 2.35. The maximum atomic E-state index is 12.9. The number of rotatable bonds is 4. The van der Waals surface area contributed by atoms with Crippen LogP contribution in [0.3, 0.4) is 0 Å². The quantitative estimate of drug-likeness (QED) is 0.866. The number of hydrogen-bond donors (Lipinski definition) is 0. The smallest absolute Gasteiger partial charge is 0.226 e. The van der Waals surface area contributed by atoms with Crippen LogP contribution in [0.4, 0.5) is 0 Å². The molecule has 2 atom stereocenters. The summed E-state index contributed by atoms with van der Waals surface area (Å²) < 4.78 is 7.79. The van der Waals surface area contributed by atoms with Crippen LogP contribution in [0.25, 0.3) is 0 Å². The number of methoxy groups -OCH3 is 1. The van der Waals surface area contributed by atoms with Crippen LogP contribution in [0.2, 0.25) is 0 Å². The highest BCUT2D eigenvalue weighted by atomic mass is 16.5. The lowest BCUT2D eigenvalue weighted by atomic mass is 9.96. The van der Waals surface area contributed by atoms with Crippen LogP contribution >= 0.6 is 0 Å². The van der Waals surface area contributed by atoms with Gasteiger partial charge in [0.15, 0.2) is 0 Å². The second-order valence-electron chi connectivity index (χ2n) is 6.11. The van der Waals surface area contributed by atoms with Crippen LogP contribution in [0.1, 0.15) is 37.6 Å². The van der Waals surface area contributed by atoms with E-state index in [0.717, 1.165) is 36.5 Å². The first-order chi connectivity index (χ1) is 11.2. The Labute approximate surface area is 137 Å². The molecule has 0 aliphatic carbocycles. The van der Waals surface area contributed by atoms with E-state index in [1.807, 2.05) is 30.0 Å². The third-order valence-electron chi connectivity index (χ3n) is 4.79. The van der Waals surface area contributed by atoms with Crippen molar-refractivity contribution >= 4 is 5.91 Å². The Morgan fingerprint density at radius 3 is 2.78 bits per heavy atom. The molecule has 2 aromatic rings. The number of ether oxygens (including phenoxy) is 1. The Balaban J connectivity index is 2.09. The van der Waals surface area contributed by atoms with Crippen LogP contribution in [0, 0.1) is 5.92 Å². The molecule has 0 bridgehead atoms. The Bertz CT molecular complexity index is 692. The van der Waals surface area contributed by atoms with Crippen molar-refractivity contribution < 1.29 is 9.53 Å². The molecule has 1 aromatic carbocycles. The molecular formula is C19H24N2O2. The van der Waals surface area contributed by atoms with Gasteiger partial charge in [-0.25, -0.2) is 0 Å². The van der Waals surface area contributed by atoms with Crippen molar-refractivity contribution in [1.82, 2.24) is 9.47 Å². The summed E-state index contributed by atoms with van der Waals surface area (Å²) in [5, 5.41) is 0. The minimum absolute atomic E-state index is 0.0359. The fraction of sp³-hybridized carbons (Fsp3) is 0.421. The van der Waals surface area contributed by atoms with Crippen molar-refractivity contribution in [2.24, 2.45) is 5.92 Å². The lowest BCUT2D eigenvalue weighted by Gasteiger charge is -2.39. The number of hydrogen-bond acceptors (Lipinski definition) is 2. The largest absolute Gasteiger partial charge is 0.496 e. The SMILES string of the molecule is CCC(C)C(=O)N1CCn2cccc2C1c1ccccc1OC. The fourth-order valence-electron chi connectivity index (χ4n) is 3.30. The molecule has 1 aliphatic heterocycles. The minimum atomic E-state index is -0.0867. The Morgan fingerprint density at radius 1 is 1.26 bits per heavy atom. The molecule has 0 spiro atoms. The molecule has 23 heavy (non-hydrogen) atoms. The second-order valence-corrected chi connectivity index (χ2v) is 6.11. The van der Waals surface area contributed by atoms with Crippen molar-refractivity contribution in [3.05, 3.63) is 53.9 Å². The minimum Gasteiger partial charge on any atom is -0.496 e. The van der Waals surface area contributed by atoms with Gasteiger partial charge in [-0.15, -0.1) is 0 Å². The molecule has 0 saturated carbocycles. The van der Waals surface area contributed by atoms with Gasteiger partial charge < -0.3 is 14.2 Å². The molecule has 0 saturated heterocycles. The Kier molecular flexibility index (Phi) is 4.42.